The van der Waals surface area contributed by atoms with Crippen molar-refractivity contribution < 1.29 is 14.3 Å². The largest absolute Gasteiger partial charge is 0.465 e. The second kappa shape index (κ2) is 8.26. The number of anilines is 1. The molecule has 2 aromatic carbocycles. The molecular formula is C21H16N4O4S. The van der Waals surface area contributed by atoms with E-state index in [1.165, 1.54) is 30.6 Å². The molecule has 9 heteroatoms. The Labute approximate surface area is 174 Å². The summed E-state index contributed by atoms with van der Waals surface area (Å²) in [6.07, 6.45) is 0. The van der Waals surface area contributed by atoms with Gasteiger partial charge in [0.25, 0.3) is 5.56 Å². The minimum Gasteiger partial charge on any atom is -0.465 e. The standard InChI is InChI=1S/C21H16N4O4S/c1-29-21(28)14-7-9-15(10-8-14)22-18(26)12-25-20(27)16-11-17(30-19(16)23-24-25)13-5-3-2-4-6-13/h2-11H,12H2,1H3,(H,22,26). The maximum atomic E-state index is 12.7. The number of hydrogen-bond donors (Lipinski definition) is 1. The van der Waals surface area contributed by atoms with Crippen molar-refractivity contribution in [3.05, 3.63) is 76.6 Å². The summed E-state index contributed by atoms with van der Waals surface area (Å²) in [5.74, 6) is -0.899. The maximum Gasteiger partial charge on any atom is 0.337 e. The van der Waals surface area contributed by atoms with Crippen molar-refractivity contribution in [1.29, 1.82) is 0 Å². The Morgan fingerprint density at radius 3 is 2.53 bits per heavy atom. The highest BCUT2D eigenvalue weighted by Gasteiger charge is 2.14. The van der Waals surface area contributed by atoms with Gasteiger partial charge in [0.05, 0.1) is 18.1 Å². The lowest BCUT2D eigenvalue weighted by molar-refractivity contribution is -0.117. The quantitative estimate of drug-likeness (QED) is 0.498. The summed E-state index contributed by atoms with van der Waals surface area (Å²) in [7, 11) is 1.30. The van der Waals surface area contributed by atoms with E-state index in [1.807, 2.05) is 30.3 Å². The molecule has 1 amide bonds. The van der Waals surface area contributed by atoms with E-state index < -0.39 is 11.9 Å². The summed E-state index contributed by atoms with van der Waals surface area (Å²) in [6, 6.07) is 17.7. The number of hydrogen-bond acceptors (Lipinski definition) is 7. The number of thiophene rings is 1. The summed E-state index contributed by atoms with van der Waals surface area (Å²) >= 11 is 1.37. The third-order valence-corrected chi connectivity index (χ3v) is 5.43. The molecule has 1 N–H and O–H groups in total. The number of rotatable bonds is 5. The lowest BCUT2D eigenvalue weighted by Gasteiger charge is -2.07. The van der Waals surface area contributed by atoms with Gasteiger partial charge >= 0.3 is 5.97 Å². The summed E-state index contributed by atoms with van der Waals surface area (Å²) < 4.78 is 5.67. The SMILES string of the molecule is COC(=O)c1ccc(NC(=O)Cn2nnc3sc(-c4ccccc4)cc3c2=O)cc1. The molecule has 30 heavy (non-hydrogen) atoms. The highest BCUT2D eigenvalue weighted by atomic mass is 32.1. The van der Waals surface area contributed by atoms with E-state index in [1.54, 1.807) is 18.2 Å². The van der Waals surface area contributed by atoms with Crippen LogP contribution in [0.3, 0.4) is 0 Å². The molecule has 2 aromatic heterocycles. The normalized spacial score (nSPS) is 10.7. The van der Waals surface area contributed by atoms with Crippen LogP contribution in [-0.4, -0.2) is 34.0 Å². The van der Waals surface area contributed by atoms with Crippen LogP contribution in [0.25, 0.3) is 20.7 Å². The van der Waals surface area contributed by atoms with Gasteiger partial charge in [-0.3, -0.25) is 9.59 Å². The van der Waals surface area contributed by atoms with Crippen molar-refractivity contribution in [2.75, 3.05) is 12.4 Å². The van der Waals surface area contributed by atoms with Crippen molar-refractivity contribution >= 4 is 39.1 Å². The Morgan fingerprint density at radius 1 is 1.10 bits per heavy atom. The fraction of sp³-hybridized carbons (Fsp3) is 0.0952. The molecule has 0 radical (unpaired) electrons. The number of amides is 1. The van der Waals surface area contributed by atoms with Crippen LogP contribution in [0.15, 0.2) is 65.5 Å². The number of esters is 1. The van der Waals surface area contributed by atoms with Gasteiger partial charge < -0.3 is 10.1 Å². The first-order chi connectivity index (χ1) is 14.5. The average molecular weight is 420 g/mol. The zero-order chi connectivity index (χ0) is 21.1. The Hall–Kier alpha value is -3.85. The number of nitrogens with one attached hydrogen (secondary N) is 1. The highest BCUT2D eigenvalue weighted by Crippen LogP contribution is 2.30. The second-order valence-electron chi connectivity index (χ2n) is 6.36. The van der Waals surface area contributed by atoms with E-state index in [9.17, 15) is 14.4 Å². The Kier molecular flexibility index (Phi) is 5.36. The molecule has 0 atom stereocenters. The van der Waals surface area contributed by atoms with Crippen LogP contribution < -0.4 is 10.9 Å². The molecule has 0 spiro atoms. The van der Waals surface area contributed by atoms with E-state index in [2.05, 4.69) is 20.4 Å². The number of carbonyl (C=O) groups is 2. The van der Waals surface area contributed by atoms with Gasteiger partial charge in [-0.15, -0.1) is 16.4 Å². The Bertz CT molecular complexity index is 1280. The fourth-order valence-electron chi connectivity index (χ4n) is 2.88. The van der Waals surface area contributed by atoms with E-state index >= 15 is 0 Å². The second-order valence-corrected chi connectivity index (χ2v) is 7.40. The zero-order valence-corrected chi connectivity index (χ0v) is 16.7. The first-order valence-corrected chi connectivity index (χ1v) is 9.78. The molecule has 0 saturated carbocycles. The van der Waals surface area contributed by atoms with Gasteiger partial charge in [0, 0.05) is 10.6 Å². The molecule has 150 valence electrons. The van der Waals surface area contributed by atoms with Gasteiger partial charge in [-0.05, 0) is 35.9 Å². The first-order valence-electron chi connectivity index (χ1n) is 8.96. The predicted octanol–water partition coefficient (Wildman–Crippen LogP) is 2.95. The fourth-order valence-corrected chi connectivity index (χ4v) is 3.85. The minimum atomic E-state index is -0.464. The van der Waals surface area contributed by atoms with E-state index in [0.29, 0.717) is 21.5 Å². The van der Waals surface area contributed by atoms with Crippen LogP contribution in [0.2, 0.25) is 0 Å². The maximum absolute atomic E-state index is 12.7. The molecule has 0 unspecified atom stereocenters. The zero-order valence-electron chi connectivity index (χ0n) is 15.9. The van der Waals surface area contributed by atoms with Gasteiger partial charge in [0.1, 0.15) is 6.54 Å². The van der Waals surface area contributed by atoms with Gasteiger partial charge in [-0.1, -0.05) is 35.5 Å². The summed E-state index contributed by atoms with van der Waals surface area (Å²) in [6.45, 7) is -0.281. The molecule has 8 nitrogen and oxygen atoms in total. The molecule has 0 bridgehead atoms. The predicted molar refractivity (Wildman–Crippen MR) is 114 cm³/mol. The molecule has 2 heterocycles. The van der Waals surface area contributed by atoms with Crippen molar-refractivity contribution in [1.82, 2.24) is 15.0 Å². The number of benzene rings is 2. The third-order valence-electron chi connectivity index (χ3n) is 4.36. The van der Waals surface area contributed by atoms with Gasteiger partial charge in [-0.2, -0.15) is 0 Å². The number of methoxy groups -OCH3 is 1. The van der Waals surface area contributed by atoms with Crippen LogP contribution in [0.5, 0.6) is 0 Å². The smallest absolute Gasteiger partial charge is 0.337 e. The molecule has 0 fully saturated rings. The molecule has 0 aliphatic rings. The molecule has 0 saturated heterocycles. The topological polar surface area (TPSA) is 103 Å². The Morgan fingerprint density at radius 2 is 1.83 bits per heavy atom. The van der Waals surface area contributed by atoms with E-state index in [0.717, 1.165) is 15.1 Å². The first kappa shape index (κ1) is 19.5. The highest BCUT2D eigenvalue weighted by molar-refractivity contribution is 7.21. The van der Waals surface area contributed by atoms with Crippen LogP contribution in [0.1, 0.15) is 10.4 Å². The van der Waals surface area contributed by atoms with Crippen LogP contribution in [0, 0.1) is 0 Å². The lowest BCUT2D eigenvalue weighted by Crippen LogP contribution is -2.30. The van der Waals surface area contributed by atoms with Crippen LogP contribution >= 0.6 is 11.3 Å². The summed E-state index contributed by atoms with van der Waals surface area (Å²) in [5, 5.41) is 11.1. The number of aromatic nitrogens is 3. The minimum absolute atomic E-state index is 0.281. The monoisotopic (exact) mass is 420 g/mol. The van der Waals surface area contributed by atoms with E-state index in [4.69, 9.17) is 0 Å². The summed E-state index contributed by atoms with van der Waals surface area (Å²) in [4.78, 5) is 38.0. The summed E-state index contributed by atoms with van der Waals surface area (Å²) in [5.41, 5.74) is 1.46. The van der Waals surface area contributed by atoms with Gasteiger partial charge in [0.2, 0.25) is 5.91 Å². The van der Waals surface area contributed by atoms with Crippen molar-refractivity contribution in [3.63, 3.8) is 0 Å². The number of fused-ring (bicyclic) bond motifs is 1. The van der Waals surface area contributed by atoms with Crippen LogP contribution in [-0.2, 0) is 16.1 Å². The average Bonchev–Trinajstić information content (AvgIpc) is 3.21. The van der Waals surface area contributed by atoms with Crippen molar-refractivity contribution in [2.24, 2.45) is 0 Å². The molecule has 4 rings (SSSR count). The van der Waals surface area contributed by atoms with E-state index in [-0.39, 0.29) is 12.1 Å². The van der Waals surface area contributed by atoms with Gasteiger partial charge in [0.15, 0.2) is 4.83 Å². The van der Waals surface area contributed by atoms with Crippen molar-refractivity contribution in [3.8, 4) is 10.4 Å². The van der Waals surface area contributed by atoms with Gasteiger partial charge in [-0.25, -0.2) is 9.48 Å². The number of ether oxygens (including phenoxy) is 1. The number of nitrogens with zero attached hydrogens (tertiary/aromatic N) is 3. The van der Waals surface area contributed by atoms with Crippen molar-refractivity contribution in [2.45, 2.75) is 6.54 Å². The molecule has 4 aromatic rings. The Balaban J connectivity index is 1.52. The molecule has 0 aliphatic carbocycles. The van der Waals surface area contributed by atoms with Crippen LogP contribution in [0.4, 0.5) is 5.69 Å². The molecular weight excluding hydrogens is 404 g/mol. The number of carbonyl (C=O) groups excluding carboxylic acids is 2. The third kappa shape index (κ3) is 3.96. The molecule has 0 aliphatic heterocycles. The lowest BCUT2D eigenvalue weighted by atomic mass is 10.2.